The zero-order chi connectivity index (χ0) is 14.2. The summed E-state index contributed by atoms with van der Waals surface area (Å²) in [5.74, 6) is 5.80. The molecule has 0 radical (unpaired) electrons. The largest absolute Gasteiger partial charge is 0.271 e. The van der Waals surface area contributed by atoms with E-state index in [0.29, 0.717) is 0 Å². The van der Waals surface area contributed by atoms with Crippen LogP contribution in [0.1, 0.15) is 16.5 Å². The van der Waals surface area contributed by atoms with Gasteiger partial charge in [0.1, 0.15) is 0 Å². The van der Waals surface area contributed by atoms with E-state index in [0.717, 1.165) is 16.5 Å². The van der Waals surface area contributed by atoms with E-state index < -0.39 is 0 Å². The van der Waals surface area contributed by atoms with Gasteiger partial charge in [0.2, 0.25) is 0 Å². The number of pyridine rings is 1. The van der Waals surface area contributed by atoms with Crippen molar-refractivity contribution in [2.24, 2.45) is 5.84 Å². The number of rotatable bonds is 3. The molecule has 4 rings (SSSR count). The maximum Gasteiger partial charge on any atom is 0.0818 e. The van der Waals surface area contributed by atoms with Crippen LogP contribution in [0.2, 0.25) is 0 Å². The van der Waals surface area contributed by atoms with Crippen molar-refractivity contribution in [1.82, 2.24) is 10.4 Å². The molecule has 1 aromatic carbocycles. The van der Waals surface area contributed by atoms with Gasteiger partial charge in [-0.25, -0.2) is 5.43 Å². The molecule has 0 saturated carbocycles. The average molecular weight is 311 g/mol. The lowest BCUT2D eigenvalue weighted by Crippen LogP contribution is -2.28. The lowest BCUT2D eigenvalue weighted by molar-refractivity contribution is 0.645. The van der Waals surface area contributed by atoms with Crippen molar-refractivity contribution in [2.75, 3.05) is 0 Å². The summed E-state index contributed by atoms with van der Waals surface area (Å²) in [6.07, 6.45) is 1.90. The van der Waals surface area contributed by atoms with E-state index in [2.05, 4.69) is 40.1 Å². The summed E-state index contributed by atoms with van der Waals surface area (Å²) in [5, 5.41) is 3.25. The fraction of sp³-hybridized carbons (Fsp3) is 0.0625. The molecular formula is C16H13N3S2. The highest BCUT2D eigenvalue weighted by Gasteiger charge is 2.16. The molecule has 0 bridgehead atoms. The first-order valence-corrected chi connectivity index (χ1v) is 8.32. The van der Waals surface area contributed by atoms with E-state index in [4.69, 9.17) is 5.84 Å². The number of aromatic nitrogens is 1. The van der Waals surface area contributed by atoms with E-state index in [1.807, 2.05) is 24.4 Å². The fourth-order valence-electron chi connectivity index (χ4n) is 2.52. The van der Waals surface area contributed by atoms with Crippen LogP contribution in [0.3, 0.4) is 0 Å². The number of benzene rings is 1. The van der Waals surface area contributed by atoms with Crippen LogP contribution in [-0.4, -0.2) is 4.98 Å². The smallest absolute Gasteiger partial charge is 0.0818 e. The maximum absolute atomic E-state index is 5.80. The van der Waals surface area contributed by atoms with Crippen molar-refractivity contribution in [1.29, 1.82) is 0 Å². The van der Waals surface area contributed by atoms with Gasteiger partial charge in [0.25, 0.3) is 0 Å². The fourth-order valence-corrected chi connectivity index (χ4v) is 4.72. The van der Waals surface area contributed by atoms with Crippen LogP contribution in [0.4, 0.5) is 0 Å². The molecule has 3 nitrogen and oxygen atoms in total. The summed E-state index contributed by atoms with van der Waals surface area (Å²) in [6.45, 7) is 0. The second-order valence-electron chi connectivity index (χ2n) is 4.86. The first kappa shape index (κ1) is 12.9. The number of para-hydroxylation sites is 1. The van der Waals surface area contributed by atoms with E-state index in [9.17, 15) is 0 Å². The summed E-state index contributed by atoms with van der Waals surface area (Å²) in [4.78, 5) is 5.75. The Hall–Kier alpha value is -1.79. The molecule has 0 amide bonds. The number of hydrogen-bond donors (Lipinski definition) is 2. The molecule has 0 aliphatic carbocycles. The Morgan fingerprint density at radius 3 is 2.86 bits per heavy atom. The molecule has 0 spiro atoms. The van der Waals surface area contributed by atoms with E-state index in [1.165, 1.54) is 14.3 Å². The molecule has 4 aromatic rings. The van der Waals surface area contributed by atoms with Gasteiger partial charge in [0.15, 0.2) is 0 Å². The Morgan fingerprint density at radius 2 is 2.00 bits per heavy atom. The predicted octanol–water partition coefficient (Wildman–Crippen LogP) is 4.06. The Labute approximate surface area is 130 Å². The first-order chi connectivity index (χ1) is 10.3. The van der Waals surface area contributed by atoms with Gasteiger partial charge in [-0.1, -0.05) is 18.2 Å². The summed E-state index contributed by atoms with van der Waals surface area (Å²) in [7, 11) is 0. The molecule has 5 heteroatoms. The summed E-state index contributed by atoms with van der Waals surface area (Å²) >= 11 is 3.54. The van der Waals surface area contributed by atoms with Crippen molar-refractivity contribution in [2.45, 2.75) is 6.04 Å². The minimum atomic E-state index is -0.0216. The second-order valence-corrected chi connectivity index (χ2v) is 6.92. The third kappa shape index (κ3) is 2.24. The van der Waals surface area contributed by atoms with Crippen LogP contribution in [0.5, 0.6) is 0 Å². The highest BCUT2D eigenvalue weighted by atomic mass is 32.1. The molecule has 0 saturated heterocycles. The number of thiophene rings is 2. The average Bonchev–Trinajstić information content (AvgIpc) is 3.09. The molecule has 0 fully saturated rings. The molecule has 0 aliphatic rings. The Kier molecular flexibility index (Phi) is 3.20. The van der Waals surface area contributed by atoms with Gasteiger partial charge in [-0.2, -0.15) is 0 Å². The van der Waals surface area contributed by atoms with Gasteiger partial charge in [-0.05, 0) is 35.2 Å². The van der Waals surface area contributed by atoms with Crippen molar-refractivity contribution in [3.63, 3.8) is 0 Å². The van der Waals surface area contributed by atoms with Crippen LogP contribution in [0, 0.1) is 0 Å². The van der Waals surface area contributed by atoms with Gasteiger partial charge in [0, 0.05) is 25.9 Å². The van der Waals surface area contributed by atoms with Gasteiger partial charge >= 0.3 is 0 Å². The SMILES string of the molecule is NNC(c1cnc2ccccc2c1)c1cc2sccc2s1. The number of nitrogens with zero attached hydrogens (tertiary/aromatic N) is 1. The zero-order valence-corrected chi connectivity index (χ0v) is 12.7. The van der Waals surface area contributed by atoms with Gasteiger partial charge in [0.05, 0.1) is 11.6 Å². The summed E-state index contributed by atoms with van der Waals surface area (Å²) in [6, 6.07) is 14.6. The van der Waals surface area contributed by atoms with Crippen LogP contribution < -0.4 is 11.3 Å². The molecule has 1 unspecified atom stereocenters. The van der Waals surface area contributed by atoms with E-state index >= 15 is 0 Å². The minimum absolute atomic E-state index is 0.0216. The van der Waals surface area contributed by atoms with Gasteiger partial charge < -0.3 is 0 Å². The quantitative estimate of drug-likeness (QED) is 0.443. The van der Waals surface area contributed by atoms with E-state index in [1.54, 1.807) is 22.7 Å². The molecule has 21 heavy (non-hydrogen) atoms. The van der Waals surface area contributed by atoms with Crippen LogP contribution in [0.15, 0.2) is 54.0 Å². The number of nitrogens with one attached hydrogen (secondary N) is 1. The van der Waals surface area contributed by atoms with Crippen molar-refractivity contribution < 1.29 is 0 Å². The van der Waals surface area contributed by atoms with Crippen LogP contribution >= 0.6 is 22.7 Å². The molecule has 1 atom stereocenters. The first-order valence-electron chi connectivity index (χ1n) is 6.63. The Morgan fingerprint density at radius 1 is 1.10 bits per heavy atom. The van der Waals surface area contributed by atoms with Gasteiger partial charge in [-0.3, -0.25) is 10.8 Å². The topological polar surface area (TPSA) is 50.9 Å². The molecule has 3 aromatic heterocycles. The maximum atomic E-state index is 5.80. The summed E-state index contributed by atoms with van der Waals surface area (Å²) in [5.41, 5.74) is 5.02. The molecule has 104 valence electrons. The van der Waals surface area contributed by atoms with Crippen molar-refractivity contribution >= 4 is 43.0 Å². The normalized spacial score (nSPS) is 13.0. The summed E-state index contributed by atoms with van der Waals surface area (Å²) < 4.78 is 2.62. The third-order valence-electron chi connectivity index (χ3n) is 3.55. The standard InChI is InChI=1S/C16H13N3S2/c17-19-16(15-8-14-13(21-15)5-6-20-14)11-7-10-3-1-2-4-12(10)18-9-11/h1-9,16,19H,17H2. The second kappa shape index (κ2) is 5.20. The predicted molar refractivity (Wildman–Crippen MR) is 90.6 cm³/mol. The van der Waals surface area contributed by atoms with Crippen LogP contribution in [-0.2, 0) is 0 Å². The monoisotopic (exact) mass is 311 g/mol. The lowest BCUT2D eigenvalue weighted by Gasteiger charge is -2.14. The van der Waals surface area contributed by atoms with Crippen molar-refractivity contribution in [3.8, 4) is 0 Å². The number of hydrazine groups is 1. The molecule has 0 aliphatic heterocycles. The Bertz CT molecular complexity index is 881. The minimum Gasteiger partial charge on any atom is -0.271 e. The van der Waals surface area contributed by atoms with Crippen molar-refractivity contribution in [3.05, 3.63) is 64.5 Å². The third-order valence-corrected chi connectivity index (χ3v) is 5.71. The van der Waals surface area contributed by atoms with E-state index in [-0.39, 0.29) is 6.04 Å². The highest BCUT2D eigenvalue weighted by molar-refractivity contribution is 7.27. The zero-order valence-electron chi connectivity index (χ0n) is 11.1. The molecular weight excluding hydrogens is 298 g/mol. The highest BCUT2D eigenvalue weighted by Crippen LogP contribution is 2.35. The Balaban J connectivity index is 1.81. The van der Waals surface area contributed by atoms with Crippen LogP contribution in [0.25, 0.3) is 20.3 Å². The lowest BCUT2D eigenvalue weighted by atomic mass is 10.1. The van der Waals surface area contributed by atoms with Gasteiger partial charge in [-0.15, -0.1) is 22.7 Å². The molecule has 3 heterocycles. The number of nitrogens with two attached hydrogens (primary N) is 1. The molecule has 3 N–H and O–H groups in total. The number of fused-ring (bicyclic) bond motifs is 2. The number of hydrogen-bond acceptors (Lipinski definition) is 5.